The lowest BCUT2D eigenvalue weighted by Crippen LogP contribution is -2.36. The van der Waals surface area contributed by atoms with Crippen LogP contribution in [0.5, 0.6) is 0 Å². The number of carbonyl (C=O) groups is 2. The fourth-order valence-corrected chi connectivity index (χ4v) is 4.68. The maximum Gasteiger partial charge on any atom is 0.251 e. The second-order valence-electron chi connectivity index (χ2n) is 9.25. The van der Waals surface area contributed by atoms with E-state index in [-0.39, 0.29) is 17.6 Å². The first-order chi connectivity index (χ1) is 17.6. The molecule has 0 atom stereocenters. The molecule has 3 heterocycles. The third kappa shape index (κ3) is 5.27. The van der Waals surface area contributed by atoms with Crippen molar-refractivity contribution in [2.45, 2.75) is 32.7 Å². The number of ketones is 1. The van der Waals surface area contributed by atoms with Crippen molar-refractivity contribution in [3.63, 3.8) is 0 Å². The summed E-state index contributed by atoms with van der Waals surface area (Å²) in [4.78, 5) is 40.9. The quantitative estimate of drug-likeness (QED) is 0.380. The predicted molar refractivity (Wildman–Crippen MR) is 140 cm³/mol. The van der Waals surface area contributed by atoms with Crippen molar-refractivity contribution in [2.24, 2.45) is 5.92 Å². The molecule has 2 aromatic heterocycles. The van der Waals surface area contributed by atoms with Crippen LogP contribution in [0.15, 0.2) is 67.3 Å². The van der Waals surface area contributed by atoms with Gasteiger partial charge in [-0.3, -0.25) is 9.59 Å². The van der Waals surface area contributed by atoms with Crippen molar-refractivity contribution >= 4 is 28.5 Å². The number of hydrogen-bond donors (Lipinski definition) is 1. The van der Waals surface area contributed by atoms with Gasteiger partial charge >= 0.3 is 0 Å². The monoisotopic (exact) mass is 482 g/mol. The highest BCUT2D eigenvalue weighted by Crippen LogP contribution is 2.32. The van der Waals surface area contributed by atoms with Gasteiger partial charge in [-0.15, -0.1) is 0 Å². The number of imidazole rings is 1. The standard InChI is InChI=1S/C28H30N6O2/c1-20(35)21-10-15-34(16-11-21)27-26(22-6-3-2-4-7-22)31-24-9-8-23(18-25(24)32-27)28(36)30-12-5-14-33-17-13-29-19-33/h2-4,6-9,13,17-19,21H,5,10-12,14-16H2,1H3,(H,30,36). The molecule has 0 saturated carbocycles. The number of benzene rings is 2. The summed E-state index contributed by atoms with van der Waals surface area (Å²) in [6.07, 6.45) is 7.87. The number of aryl methyl sites for hydroxylation is 1. The third-order valence-corrected chi connectivity index (χ3v) is 6.76. The van der Waals surface area contributed by atoms with E-state index < -0.39 is 0 Å². The Hall–Kier alpha value is -4.07. The zero-order valence-corrected chi connectivity index (χ0v) is 20.4. The van der Waals surface area contributed by atoms with Crippen molar-refractivity contribution in [2.75, 3.05) is 24.5 Å². The molecule has 1 saturated heterocycles. The van der Waals surface area contributed by atoms with Crippen LogP contribution < -0.4 is 10.2 Å². The molecule has 1 amide bonds. The lowest BCUT2D eigenvalue weighted by molar-refractivity contribution is -0.121. The maximum atomic E-state index is 12.8. The van der Waals surface area contributed by atoms with E-state index in [1.165, 1.54) is 0 Å². The number of fused-ring (bicyclic) bond motifs is 1. The van der Waals surface area contributed by atoms with E-state index >= 15 is 0 Å². The summed E-state index contributed by atoms with van der Waals surface area (Å²) in [6, 6.07) is 15.5. The topological polar surface area (TPSA) is 93.0 Å². The van der Waals surface area contributed by atoms with Crippen LogP contribution in [0.2, 0.25) is 0 Å². The Bertz CT molecular complexity index is 1350. The largest absolute Gasteiger partial charge is 0.355 e. The van der Waals surface area contributed by atoms with Gasteiger partial charge in [0, 0.05) is 55.6 Å². The van der Waals surface area contributed by atoms with Crippen LogP contribution in [-0.2, 0) is 11.3 Å². The molecule has 1 aliphatic heterocycles. The van der Waals surface area contributed by atoms with Gasteiger partial charge in [0.05, 0.1) is 17.4 Å². The van der Waals surface area contributed by atoms with Crippen molar-refractivity contribution < 1.29 is 9.59 Å². The molecule has 4 aromatic rings. The molecule has 8 nitrogen and oxygen atoms in total. The molecule has 184 valence electrons. The van der Waals surface area contributed by atoms with E-state index in [1.54, 1.807) is 25.5 Å². The minimum Gasteiger partial charge on any atom is -0.355 e. The van der Waals surface area contributed by atoms with Gasteiger partial charge in [0.15, 0.2) is 5.82 Å². The Morgan fingerprint density at radius 3 is 2.56 bits per heavy atom. The number of carbonyl (C=O) groups excluding carboxylic acids is 2. The second kappa shape index (κ2) is 10.7. The average molecular weight is 483 g/mol. The molecule has 0 radical (unpaired) electrons. The molecule has 36 heavy (non-hydrogen) atoms. The number of piperidine rings is 1. The number of aromatic nitrogens is 4. The molecule has 1 fully saturated rings. The van der Waals surface area contributed by atoms with Crippen LogP contribution in [0, 0.1) is 5.92 Å². The molecular formula is C28H30N6O2. The predicted octanol–water partition coefficient (Wildman–Crippen LogP) is 4.12. The lowest BCUT2D eigenvalue weighted by atomic mass is 9.93. The first-order valence-electron chi connectivity index (χ1n) is 12.4. The fraction of sp³-hybridized carbons (Fsp3) is 0.321. The van der Waals surface area contributed by atoms with E-state index in [0.717, 1.165) is 61.5 Å². The third-order valence-electron chi connectivity index (χ3n) is 6.76. The van der Waals surface area contributed by atoms with Gasteiger partial charge in [0.1, 0.15) is 11.5 Å². The van der Waals surface area contributed by atoms with Crippen LogP contribution in [0.25, 0.3) is 22.3 Å². The van der Waals surface area contributed by atoms with Gasteiger partial charge in [-0.1, -0.05) is 30.3 Å². The molecule has 0 aliphatic carbocycles. The van der Waals surface area contributed by atoms with E-state index in [2.05, 4.69) is 15.2 Å². The zero-order valence-electron chi connectivity index (χ0n) is 20.4. The summed E-state index contributed by atoms with van der Waals surface area (Å²) in [5.41, 5.74) is 3.81. The Kier molecular flexibility index (Phi) is 7.02. The average Bonchev–Trinajstić information content (AvgIpc) is 3.44. The molecule has 1 aliphatic rings. The number of hydrogen-bond acceptors (Lipinski definition) is 6. The molecule has 0 bridgehead atoms. The van der Waals surface area contributed by atoms with Gasteiger partial charge < -0.3 is 14.8 Å². The van der Waals surface area contributed by atoms with E-state index in [0.29, 0.717) is 17.6 Å². The Morgan fingerprint density at radius 2 is 1.83 bits per heavy atom. The van der Waals surface area contributed by atoms with Crippen molar-refractivity contribution in [1.29, 1.82) is 0 Å². The SMILES string of the molecule is CC(=O)C1CCN(c2nc3cc(C(=O)NCCCn4ccnc4)ccc3nc2-c2ccccc2)CC1. The zero-order chi connectivity index (χ0) is 24.9. The van der Waals surface area contributed by atoms with Gasteiger partial charge in [-0.05, 0) is 44.4 Å². The van der Waals surface area contributed by atoms with E-state index in [9.17, 15) is 9.59 Å². The Labute approximate surface area is 210 Å². The lowest BCUT2D eigenvalue weighted by Gasteiger charge is -2.32. The van der Waals surface area contributed by atoms with Crippen LogP contribution in [-0.4, -0.2) is 50.8 Å². The molecule has 1 N–H and O–H groups in total. The van der Waals surface area contributed by atoms with E-state index in [1.807, 2.05) is 53.2 Å². The van der Waals surface area contributed by atoms with Crippen molar-refractivity contribution in [3.8, 4) is 11.3 Å². The van der Waals surface area contributed by atoms with Gasteiger partial charge in [-0.25, -0.2) is 15.0 Å². The summed E-state index contributed by atoms with van der Waals surface area (Å²) in [6.45, 7) is 4.55. The molecule has 8 heteroatoms. The highest BCUT2D eigenvalue weighted by Gasteiger charge is 2.26. The molecule has 0 unspecified atom stereocenters. The molecule has 0 spiro atoms. The van der Waals surface area contributed by atoms with Crippen molar-refractivity contribution in [1.82, 2.24) is 24.8 Å². The highest BCUT2D eigenvalue weighted by molar-refractivity contribution is 5.98. The number of nitrogens with one attached hydrogen (secondary N) is 1. The highest BCUT2D eigenvalue weighted by atomic mass is 16.1. The second-order valence-corrected chi connectivity index (χ2v) is 9.25. The van der Waals surface area contributed by atoms with E-state index in [4.69, 9.17) is 9.97 Å². The first-order valence-corrected chi connectivity index (χ1v) is 12.4. The van der Waals surface area contributed by atoms with Gasteiger partial charge in [-0.2, -0.15) is 0 Å². The maximum absolute atomic E-state index is 12.8. The summed E-state index contributed by atoms with van der Waals surface area (Å²) in [5.74, 6) is 1.04. The summed E-state index contributed by atoms with van der Waals surface area (Å²) in [7, 11) is 0. The minimum absolute atomic E-state index is 0.110. The van der Waals surface area contributed by atoms with Crippen LogP contribution in [0.1, 0.15) is 36.5 Å². The van der Waals surface area contributed by atoms with Gasteiger partial charge in [0.2, 0.25) is 0 Å². The number of amides is 1. The molecule has 2 aromatic carbocycles. The molecular weight excluding hydrogens is 452 g/mol. The fourth-order valence-electron chi connectivity index (χ4n) is 4.68. The number of anilines is 1. The van der Waals surface area contributed by atoms with Crippen LogP contribution in [0.3, 0.4) is 0 Å². The summed E-state index contributed by atoms with van der Waals surface area (Å²) in [5, 5.41) is 2.99. The summed E-state index contributed by atoms with van der Waals surface area (Å²) < 4.78 is 1.99. The van der Waals surface area contributed by atoms with Crippen molar-refractivity contribution in [3.05, 3.63) is 72.8 Å². The first kappa shape index (κ1) is 23.7. The van der Waals surface area contributed by atoms with Gasteiger partial charge in [0.25, 0.3) is 5.91 Å². The molecule has 5 rings (SSSR count). The van der Waals surface area contributed by atoms with Crippen LogP contribution >= 0.6 is 0 Å². The Balaban J connectivity index is 1.39. The summed E-state index contributed by atoms with van der Waals surface area (Å²) >= 11 is 0. The van der Waals surface area contributed by atoms with Crippen LogP contribution in [0.4, 0.5) is 5.82 Å². The minimum atomic E-state index is -0.125. The number of Topliss-reactive ketones (excluding diaryl/α,β-unsaturated/α-hetero) is 1. The normalized spacial score (nSPS) is 14.2. The Morgan fingerprint density at radius 1 is 1.03 bits per heavy atom. The number of nitrogens with zero attached hydrogens (tertiary/aromatic N) is 5. The number of rotatable bonds is 8. The smallest absolute Gasteiger partial charge is 0.251 e.